The Hall–Kier alpha value is -4.00. The van der Waals surface area contributed by atoms with Crippen molar-refractivity contribution in [3.63, 3.8) is 0 Å². The molecule has 7 heteroatoms. The lowest BCUT2D eigenvalue weighted by molar-refractivity contribution is -0.137. The molecule has 0 aliphatic carbocycles. The zero-order valence-corrected chi connectivity index (χ0v) is 18.4. The minimum atomic E-state index is -4.41. The zero-order valence-electron chi connectivity index (χ0n) is 18.4. The highest BCUT2D eigenvalue weighted by molar-refractivity contribution is 6.08. The van der Waals surface area contributed by atoms with Crippen LogP contribution in [0.2, 0.25) is 0 Å². The summed E-state index contributed by atoms with van der Waals surface area (Å²) in [5.74, 6) is -0.330. The Morgan fingerprint density at radius 2 is 1.65 bits per heavy atom. The molecule has 1 aromatic heterocycles. The molecule has 1 amide bonds. The van der Waals surface area contributed by atoms with Gasteiger partial charge in [0.15, 0.2) is 0 Å². The lowest BCUT2D eigenvalue weighted by Crippen LogP contribution is -2.13. The first kappa shape index (κ1) is 23.2. The molecule has 34 heavy (non-hydrogen) atoms. The van der Waals surface area contributed by atoms with Crippen LogP contribution < -0.4 is 5.32 Å². The average Bonchev–Trinajstić information content (AvgIpc) is 2.83. The minimum absolute atomic E-state index is 0.330. The number of aryl methyl sites for hydroxylation is 3. The van der Waals surface area contributed by atoms with Gasteiger partial charge in [-0.3, -0.25) is 4.79 Å². The molecule has 0 saturated carbocycles. The second-order valence-electron chi connectivity index (χ2n) is 7.98. The van der Waals surface area contributed by atoms with E-state index >= 15 is 0 Å². The number of carbonyl (C=O) groups excluding carboxylic acids is 1. The Labute approximate surface area is 195 Å². The molecular formula is C27H22F3N3O. The van der Waals surface area contributed by atoms with E-state index in [1.165, 1.54) is 18.5 Å². The van der Waals surface area contributed by atoms with Crippen LogP contribution in [-0.2, 0) is 19.0 Å². The van der Waals surface area contributed by atoms with Crippen molar-refractivity contribution < 1.29 is 18.0 Å². The van der Waals surface area contributed by atoms with Gasteiger partial charge in [-0.2, -0.15) is 13.2 Å². The normalized spacial score (nSPS) is 11.3. The lowest BCUT2D eigenvalue weighted by atomic mass is 9.96. The van der Waals surface area contributed by atoms with E-state index in [9.17, 15) is 18.0 Å². The third-order valence-electron chi connectivity index (χ3n) is 5.47. The van der Waals surface area contributed by atoms with Crippen molar-refractivity contribution in [3.05, 3.63) is 113 Å². The molecule has 172 valence electrons. The summed E-state index contributed by atoms with van der Waals surface area (Å²) in [4.78, 5) is 21.2. The van der Waals surface area contributed by atoms with Crippen LogP contribution in [0.3, 0.4) is 0 Å². The number of amides is 1. The fourth-order valence-electron chi connectivity index (χ4n) is 3.63. The molecule has 4 nitrogen and oxygen atoms in total. The molecule has 0 unspecified atom stereocenters. The zero-order chi connectivity index (χ0) is 24.1. The Morgan fingerprint density at radius 1 is 0.912 bits per heavy atom. The van der Waals surface area contributed by atoms with Gasteiger partial charge in [-0.25, -0.2) is 9.97 Å². The van der Waals surface area contributed by atoms with Gasteiger partial charge in [0.2, 0.25) is 0 Å². The molecule has 1 heterocycles. The van der Waals surface area contributed by atoms with Gasteiger partial charge in [0.1, 0.15) is 6.33 Å². The maximum atomic E-state index is 13.0. The van der Waals surface area contributed by atoms with E-state index in [-0.39, 0.29) is 5.91 Å². The molecule has 4 rings (SSSR count). The van der Waals surface area contributed by atoms with Crippen LogP contribution in [-0.4, -0.2) is 15.9 Å². The van der Waals surface area contributed by atoms with E-state index < -0.39 is 11.7 Å². The second-order valence-corrected chi connectivity index (χ2v) is 7.98. The number of carbonyl (C=O) groups is 1. The van der Waals surface area contributed by atoms with E-state index in [0.717, 1.165) is 41.8 Å². The lowest BCUT2D eigenvalue weighted by Gasteiger charge is -2.13. The van der Waals surface area contributed by atoms with Crippen molar-refractivity contribution in [1.82, 2.24) is 9.97 Å². The number of nitrogens with one attached hydrogen (secondary N) is 1. The number of alkyl halides is 3. The molecule has 0 aliphatic rings. The van der Waals surface area contributed by atoms with Crippen molar-refractivity contribution in [3.8, 4) is 11.1 Å². The van der Waals surface area contributed by atoms with Crippen LogP contribution in [0.1, 0.15) is 32.7 Å². The van der Waals surface area contributed by atoms with Crippen molar-refractivity contribution in [2.24, 2.45) is 0 Å². The standard InChI is InChI=1S/C27H22F3N3O/c1-18-2-13-24(25(16-18)20-6-8-21(9-7-20)27(28,29)30)26(34)33-23-11-4-19(5-12-23)3-10-22-14-15-31-17-32-22/h2,4-9,11-17H,3,10H2,1H3,(H,33,34). The largest absolute Gasteiger partial charge is 0.416 e. The average molecular weight is 461 g/mol. The van der Waals surface area contributed by atoms with Gasteiger partial charge in [-0.15, -0.1) is 0 Å². The molecule has 0 aliphatic heterocycles. The Bertz CT molecular complexity index is 1270. The quantitative estimate of drug-likeness (QED) is 0.356. The van der Waals surface area contributed by atoms with Gasteiger partial charge in [-0.1, -0.05) is 42.0 Å². The van der Waals surface area contributed by atoms with E-state index in [0.29, 0.717) is 22.4 Å². The summed E-state index contributed by atoms with van der Waals surface area (Å²) in [6.07, 6.45) is 0.421. The molecule has 0 atom stereocenters. The number of anilines is 1. The van der Waals surface area contributed by atoms with E-state index in [1.54, 1.807) is 24.4 Å². The summed E-state index contributed by atoms with van der Waals surface area (Å²) in [6.45, 7) is 1.87. The number of rotatable bonds is 6. The predicted molar refractivity (Wildman–Crippen MR) is 125 cm³/mol. The summed E-state index contributed by atoms with van der Waals surface area (Å²) in [6, 6.07) is 19.6. The molecule has 0 radical (unpaired) electrons. The van der Waals surface area contributed by atoms with E-state index in [4.69, 9.17) is 0 Å². The second kappa shape index (κ2) is 9.87. The molecule has 0 bridgehead atoms. The van der Waals surface area contributed by atoms with Gasteiger partial charge >= 0.3 is 6.18 Å². The van der Waals surface area contributed by atoms with Crippen LogP contribution >= 0.6 is 0 Å². The van der Waals surface area contributed by atoms with E-state index in [1.807, 2.05) is 37.3 Å². The molecule has 1 N–H and O–H groups in total. The first-order chi connectivity index (χ1) is 16.3. The van der Waals surface area contributed by atoms with Gasteiger partial charge in [-0.05, 0) is 72.9 Å². The number of nitrogens with zero attached hydrogens (tertiary/aromatic N) is 2. The highest BCUT2D eigenvalue weighted by Crippen LogP contribution is 2.32. The SMILES string of the molecule is Cc1ccc(C(=O)Nc2ccc(CCc3ccncn3)cc2)c(-c2ccc(C(F)(F)F)cc2)c1. The first-order valence-electron chi connectivity index (χ1n) is 10.7. The van der Waals surface area contributed by atoms with E-state index in [2.05, 4.69) is 15.3 Å². The number of hydrogen-bond acceptors (Lipinski definition) is 3. The van der Waals surface area contributed by atoms with Crippen molar-refractivity contribution in [2.75, 3.05) is 5.32 Å². The highest BCUT2D eigenvalue weighted by atomic mass is 19.4. The Kier molecular flexibility index (Phi) is 6.72. The summed E-state index contributed by atoms with van der Waals surface area (Å²) >= 11 is 0. The number of hydrogen-bond donors (Lipinski definition) is 1. The van der Waals surface area contributed by atoms with Crippen LogP contribution in [0.25, 0.3) is 11.1 Å². The van der Waals surface area contributed by atoms with Gasteiger partial charge in [0.05, 0.1) is 5.56 Å². The molecule has 0 spiro atoms. The monoisotopic (exact) mass is 461 g/mol. The number of benzene rings is 3. The van der Waals surface area contributed by atoms with Crippen LogP contribution in [0, 0.1) is 6.92 Å². The fourth-order valence-corrected chi connectivity index (χ4v) is 3.63. The van der Waals surface area contributed by atoms with Crippen LogP contribution in [0.4, 0.5) is 18.9 Å². The molecule has 4 aromatic rings. The molecular weight excluding hydrogens is 439 g/mol. The third-order valence-corrected chi connectivity index (χ3v) is 5.47. The Morgan fingerprint density at radius 3 is 2.29 bits per heavy atom. The van der Waals surface area contributed by atoms with Gasteiger partial charge in [0, 0.05) is 23.1 Å². The van der Waals surface area contributed by atoms with Crippen molar-refractivity contribution in [2.45, 2.75) is 25.9 Å². The summed E-state index contributed by atoms with van der Waals surface area (Å²) < 4.78 is 38.8. The van der Waals surface area contributed by atoms with Crippen molar-refractivity contribution >= 4 is 11.6 Å². The molecule has 3 aromatic carbocycles. The van der Waals surface area contributed by atoms with Gasteiger partial charge in [0.25, 0.3) is 5.91 Å². The predicted octanol–water partition coefficient (Wildman–Crippen LogP) is 6.51. The first-order valence-corrected chi connectivity index (χ1v) is 10.7. The maximum absolute atomic E-state index is 13.0. The molecule has 0 saturated heterocycles. The fraction of sp³-hybridized carbons (Fsp3) is 0.148. The topological polar surface area (TPSA) is 54.9 Å². The number of halogens is 3. The third kappa shape index (κ3) is 5.67. The minimum Gasteiger partial charge on any atom is -0.322 e. The van der Waals surface area contributed by atoms with Crippen LogP contribution in [0.15, 0.2) is 85.3 Å². The van der Waals surface area contributed by atoms with Crippen molar-refractivity contribution in [1.29, 1.82) is 0 Å². The summed E-state index contributed by atoms with van der Waals surface area (Å²) in [7, 11) is 0. The number of aromatic nitrogens is 2. The summed E-state index contributed by atoms with van der Waals surface area (Å²) in [5.41, 5.74) is 4.39. The molecule has 0 fully saturated rings. The van der Waals surface area contributed by atoms with Gasteiger partial charge < -0.3 is 5.32 Å². The maximum Gasteiger partial charge on any atom is 0.416 e. The highest BCUT2D eigenvalue weighted by Gasteiger charge is 2.30. The summed E-state index contributed by atoms with van der Waals surface area (Å²) in [5, 5.41) is 2.88. The Balaban J connectivity index is 1.49. The van der Waals surface area contributed by atoms with Crippen LogP contribution in [0.5, 0.6) is 0 Å². The smallest absolute Gasteiger partial charge is 0.322 e.